The van der Waals surface area contributed by atoms with E-state index in [9.17, 15) is 13.2 Å². The lowest BCUT2D eigenvalue weighted by Gasteiger charge is -2.17. The standard InChI is InChI=1S/C30H25Cl3IN3O5S/c1-41-28-15-20(13-26(33)29(28)42-18-21-7-8-22(31)16-25(21)32)17-35-36-30(38)27(14-19-5-3-2-4-6-19)37-43(39,40)24-11-9-23(34)10-12-24/h2-13,15-17,27,37H,14,18H2,1H3,(H,36,38)/b35-17-/t27-/m0/s1. The van der Waals surface area contributed by atoms with Gasteiger partial charge in [-0.2, -0.15) is 9.82 Å². The van der Waals surface area contributed by atoms with Crippen LogP contribution in [-0.4, -0.2) is 33.7 Å². The molecule has 4 aromatic carbocycles. The van der Waals surface area contributed by atoms with Crippen LogP contribution in [0.4, 0.5) is 0 Å². The van der Waals surface area contributed by atoms with Gasteiger partial charge in [-0.15, -0.1) is 0 Å². The molecule has 0 heterocycles. The topological polar surface area (TPSA) is 106 Å². The number of sulfonamides is 1. The third kappa shape index (κ3) is 9.31. The first-order chi connectivity index (χ1) is 20.6. The van der Waals surface area contributed by atoms with Gasteiger partial charge in [0.15, 0.2) is 11.5 Å². The fourth-order valence-corrected chi connectivity index (χ4v) is 6.19. The van der Waals surface area contributed by atoms with Crippen LogP contribution in [0, 0.1) is 3.57 Å². The summed E-state index contributed by atoms with van der Waals surface area (Å²) in [4.78, 5) is 13.2. The first kappa shape index (κ1) is 33.0. The number of carbonyl (C=O) groups is 1. The second kappa shape index (κ2) is 15.2. The first-order valence-corrected chi connectivity index (χ1v) is 16.3. The molecule has 0 radical (unpaired) electrons. The highest BCUT2D eigenvalue weighted by atomic mass is 127. The van der Waals surface area contributed by atoms with Crippen molar-refractivity contribution in [1.82, 2.24) is 10.1 Å². The van der Waals surface area contributed by atoms with Crippen LogP contribution < -0.4 is 19.6 Å². The summed E-state index contributed by atoms with van der Waals surface area (Å²) < 4.78 is 40.9. The molecule has 0 spiro atoms. The van der Waals surface area contributed by atoms with E-state index in [1.54, 1.807) is 42.5 Å². The molecule has 0 aliphatic carbocycles. The largest absolute Gasteiger partial charge is 0.493 e. The van der Waals surface area contributed by atoms with E-state index in [4.69, 9.17) is 44.3 Å². The van der Waals surface area contributed by atoms with E-state index in [2.05, 4.69) is 37.8 Å². The van der Waals surface area contributed by atoms with Gasteiger partial charge in [0.25, 0.3) is 5.91 Å². The molecular weight excluding hydrogens is 748 g/mol. The number of nitrogens with one attached hydrogen (secondary N) is 2. The Morgan fingerprint density at radius 2 is 1.70 bits per heavy atom. The lowest BCUT2D eigenvalue weighted by atomic mass is 10.1. The molecule has 2 N–H and O–H groups in total. The van der Waals surface area contributed by atoms with Crippen molar-refractivity contribution in [3.05, 3.63) is 120 Å². The molecule has 8 nitrogen and oxygen atoms in total. The van der Waals surface area contributed by atoms with Crippen LogP contribution in [0.1, 0.15) is 16.7 Å². The van der Waals surface area contributed by atoms with E-state index in [1.807, 2.05) is 30.3 Å². The molecule has 1 amide bonds. The normalized spacial score (nSPS) is 12.2. The average molecular weight is 773 g/mol. The van der Waals surface area contributed by atoms with Crippen LogP contribution in [0.5, 0.6) is 11.5 Å². The van der Waals surface area contributed by atoms with Crippen molar-refractivity contribution in [2.24, 2.45) is 5.10 Å². The highest BCUT2D eigenvalue weighted by Gasteiger charge is 2.26. The Kier molecular flexibility index (Phi) is 11.7. The maximum Gasteiger partial charge on any atom is 0.258 e. The Labute approximate surface area is 278 Å². The van der Waals surface area contributed by atoms with Gasteiger partial charge in [0.1, 0.15) is 12.6 Å². The van der Waals surface area contributed by atoms with Crippen molar-refractivity contribution in [3.63, 3.8) is 0 Å². The van der Waals surface area contributed by atoms with Gasteiger partial charge in [-0.3, -0.25) is 4.79 Å². The fraction of sp³-hybridized carbons (Fsp3) is 0.133. The number of hydrazone groups is 1. The molecule has 0 fully saturated rings. The van der Waals surface area contributed by atoms with Gasteiger partial charge >= 0.3 is 0 Å². The quantitative estimate of drug-likeness (QED) is 0.0929. The number of carbonyl (C=O) groups excluding carboxylic acids is 1. The van der Waals surface area contributed by atoms with Crippen LogP contribution in [0.3, 0.4) is 0 Å². The smallest absolute Gasteiger partial charge is 0.258 e. The van der Waals surface area contributed by atoms with Gasteiger partial charge < -0.3 is 9.47 Å². The van der Waals surface area contributed by atoms with E-state index < -0.39 is 22.0 Å². The van der Waals surface area contributed by atoms with Crippen molar-refractivity contribution in [1.29, 1.82) is 0 Å². The number of methoxy groups -OCH3 is 1. The number of hydrogen-bond acceptors (Lipinski definition) is 6. The second-order valence-electron chi connectivity index (χ2n) is 9.11. The van der Waals surface area contributed by atoms with Crippen molar-refractivity contribution in [3.8, 4) is 11.5 Å². The number of ether oxygens (including phenoxy) is 2. The summed E-state index contributed by atoms with van der Waals surface area (Å²) in [6, 6.07) is 22.5. The summed E-state index contributed by atoms with van der Waals surface area (Å²) in [6.45, 7) is 0.122. The third-order valence-corrected chi connectivity index (χ3v) is 9.12. The van der Waals surface area contributed by atoms with Crippen molar-refractivity contribution >= 4 is 79.5 Å². The summed E-state index contributed by atoms with van der Waals surface area (Å²) in [7, 11) is -2.53. The number of amides is 1. The third-order valence-electron chi connectivity index (χ3n) is 6.05. The number of rotatable bonds is 12. The minimum atomic E-state index is -4.00. The summed E-state index contributed by atoms with van der Waals surface area (Å²) in [5.41, 5.74) is 4.40. The molecule has 0 unspecified atom stereocenters. The summed E-state index contributed by atoms with van der Waals surface area (Å²) >= 11 is 20.8. The lowest BCUT2D eigenvalue weighted by Crippen LogP contribution is -2.46. The Balaban J connectivity index is 1.48. The van der Waals surface area contributed by atoms with Gasteiger partial charge in [-0.25, -0.2) is 13.8 Å². The van der Waals surface area contributed by atoms with E-state index in [0.29, 0.717) is 32.7 Å². The zero-order valence-corrected chi connectivity index (χ0v) is 27.8. The molecular formula is C30H25Cl3IN3O5S. The average Bonchev–Trinajstić information content (AvgIpc) is 2.97. The maximum atomic E-state index is 13.2. The molecule has 0 saturated carbocycles. The van der Waals surface area contributed by atoms with Crippen LogP contribution >= 0.6 is 57.4 Å². The van der Waals surface area contributed by atoms with Crippen molar-refractivity contribution in [2.45, 2.75) is 24.0 Å². The monoisotopic (exact) mass is 771 g/mol. The van der Waals surface area contributed by atoms with Crippen LogP contribution in [0.2, 0.25) is 15.1 Å². The molecule has 4 aromatic rings. The van der Waals surface area contributed by atoms with Gasteiger partial charge in [0.05, 0.1) is 23.2 Å². The minimum absolute atomic E-state index is 0.0460. The van der Waals surface area contributed by atoms with Crippen LogP contribution in [-0.2, 0) is 27.8 Å². The Morgan fingerprint density at radius 1 is 0.977 bits per heavy atom. The maximum absolute atomic E-state index is 13.2. The van der Waals surface area contributed by atoms with Gasteiger partial charge in [0.2, 0.25) is 10.0 Å². The van der Waals surface area contributed by atoms with Crippen molar-refractivity contribution < 1.29 is 22.7 Å². The molecule has 224 valence electrons. The molecule has 0 saturated heterocycles. The molecule has 1 atom stereocenters. The SMILES string of the molecule is COc1cc(/C=N\NC(=O)[C@H](Cc2ccccc2)NS(=O)(=O)c2ccc(I)cc2)cc(Cl)c1OCc1ccc(Cl)cc1Cl. The molecule has 13 heteroatoms. The lowest BCUT2D eigenvalue weighted by molar-refractivity contribution is -0.122. The Hall–Kier alpha value is -2.87. The second-order valence-corrected chi connectivity index (χ2v) is 13.3. The Bertz CT molecular complexity index is 1720. The number of nitrogens with zero attached hydrogens (tertiary/aromatic N) is 1. The predicted octanol–water partition coefficient (Wildman–Crippen LogP) is 6.88. The number of hydrogen-bond donors (Lipinski definition) is 2. The Morgan fingerprint density at radius 3 is 2.37 bits per heavy atom. The molecule has 0 aliphatic heterocycles. The molecule has 0 aliphatic rings. The highest BCUT2D eigenvalue weighted by molar-refractivity contribution is 14.1. The fourth-order valence-electron chi connectivity index (χ4n) is 3.90. The molecule has 4 rings (SSSR count). The summed E-state index contributed by atoms with van der Waals surface area (Å²) in [6.07, 6.45) is 1.47. The van der Waals surface area contributed by atoms with Crippen LogP contribution in [0.25, 0.3) is 0 Å². The summed E-state index contributed by atoms with van der Waals surface area (Å²) in [5.74, 6) is -0.0195. The number of benzene rings is 4. The highest BCUT2D eigenvalue weighted by Crippen LogP contribution is 2.37. The first-order valence-electron chi connectivity index (χ1n) is 12.6. The predicted molar refractivity (Wildman–Crippen MR) is 178 cm³/mol. The van der Waals surface area contributed by atoms with Crippen LogP contribution in [0.15, 0.2) is 94.9 Å². The van der Waals surface area contributed by atoms with Gasteiger partial charge in [-0.05, 0) is 88.7 Å². The van der Waals surface area contributed by atoms with Crippen molar-refractivity contribution in [2.75, 3.05) is 7.11 Å². The van der Waals surface area contributed by atoms with E-state index in [-0.39, 0.29) is 22.9 Å². The molecule has 0 bridgehead atoms. The minimum Gasteiger partial charge on any atom is -0.493 e. The zero-order valence-electron chi connectivity index (χ0n) is 22.6. The van der Waals surface area contributed by atoms with E-state index in [0.717, 1.165) is 9.13 Å². The van der Waals surface area contributed by atoms with E-state index in [1.165, 1.54) is 25.5 Å². The van der Waals surface area contributed by atoms with Gasteiger partial charge in [-0.1, -0.05) is 71.2 Å². The van der Waals surface area contributed by atoms with E-state index >= 15 is 0 Å². The zero-order chi connectivity index (χ0) is 31.0. The van der Waals surface area contributed by atoms with Gasteiger partial charge in [0, 0.05) is 19.2 Å². The molecule has 0 aromatic heterocycles. The molecule has 43 heavy (non-hydrogen) atoms. The number of halogens is 4. The summed E-state index contributed by atoms with van der Waals surface area (Å²) in [5, 5.41) is 5.23.